The minimum Gasteiger partial charge on any atom is -0.497 e. The first-order valence-corrected chi connectivity index (χ1v) is 8.04. The Kier molecular flexibility index (Phi) is 4.02. The van der Waals surface area contributed by atoms with E-state index in [9.17, 15) is 9.59 Å². The first kappa shape index (κ1) is 15.2. The van der Waals surface area contributed by atoms with E-state index >= 15 is 0 Å². The molecule has 0 spiro atoms. The van der Waals surface area contributed by atoms with Gasteiger partial charge in [-0.2, -0.15) is 0 Å². The molecule has 0 radical (unpaired) electrons. The summed E-state index contributed by atoms with van der Waals surface area (Å²) in [7, 11) is 1.60. The van der Waals surface area contributed by atoms with Gasteiger partial charge in [0.1, 0.15) is 5.75 Å². The predicted molar refractivity (Wildman–Crippen MR) is 93.0 cm³/mol. The van der Waals surface area contributed by atoms with Crippen molar-refractivity contribution < 1.29 is 14.3 Å². The maximum absolute atomic E-state index is 12.2. The number of rotatable bonds is 2. The zero-order chi connectivity index (χ0) is 15.9. The zero-order valence-corrected chi connectivity index (χ0v) is 14.7. The number of allylic oxidation sites excluding steroid dienone is 4. The number of hydrogen-bond donors (Lipinski definition) is 0. The predicted octanol–water partition coefficient (Wildman–Crippen LogP) is 4.46. The van der Waals surface area contributed by atoms with E-state index in [1.807, 2.05) is 24.3 Å². The van der Waals surface area contributed by atoms with Crippen LogP contribution in [0.3, 0.4) is 0 Å². The van der Waals surface area contributed by atoms with E-state index in [-0.39, 0.29) is 11.6 Å². The van der Waals surface area contributed by atoms with Gasteiger partial charge in [0.25, 0.3) is 0 Å². The normalized spacial score (nSPS) is 14.4. The number of ketones is 2. The van der Waals surface area contributed by atoms with Gasteiger partial charge in [-0.05, 0) is 79.1 Å². The van der Waals surface area contributed by atoms with E-state index in [1.54, 1.807) is 7.11 Å². The van der Waals surface area contributed by atoms with E-state index in [0.29, 0.717) is 11.1 Å². The number of carbonyl (C=O) groups is 2. The van der Waals surface area contributed by atoms with Crippen LogP contribution >= 0.6 is 31.9 Å². The van der Waals surface area contributed by atoms with Gasteiger partial charge in [0.15, 0.2) is 11.6 Å². The standard InChI is InChI=1S/C17H10Br2O3/c1-22-11-3-4-12-9(6-11)7-14(18)17(19)16(12)13-8-10(20)2-5-15(13)21/h2-8H,1H3. The van der Waals surface area contributed by atoms with Crippen molar-refractivity contribution in [2.24, 2.45) is 0 Å². The molecule has 0 fully saturated rings. The van der Waals surface area contributed by atoms with Crippen molar-refractivity contribution in [3.05, 3.63) is 57.0 Å². The van der Waals surface area contributed by atoms with Crippen LogP contribution in [0.1, 0.15) is 5.56 Å². The monoisotopic (exact) mass is 420 g/mol. The number of methoxy groups -OCH3 is 1. The molecule has 0 unspecified atom stereocenters. The lowest BCUT2D eigenvalue weighted by Crippen LogP contribution is -2.08. The van der Waals surface area contributed by atoms with Gasteiger partial charge in [0.05, 0.1) is 7.11 Å². The number of ether oxygens (including phenoxy) is 1. The molecule has 0 bridgehead atoms. The van der Waals surface area contributed by atoms with Gasteiger partial charge in [-0.15, -0.1) is 0 Å². The molecule has 110 valence electrons. The summed E-state index contributed by atoms with van der Waals surface area (Å²) >= 11 is 7.00. The molecule has 5 heteroatoms. The number of fused-ring (bicyclic) bond motifs is 1. The van der Waals surface area contributed by atoms with Crippen LogP contribution in [-0.2, 0) is 9.59 Å². The van der Waals surface area contributed by atoms with Crippen LogP contribution in [0.25, 0.3) is 16.3 Å². The third-order valence-electron chi connectivity index (χ3n) is 3.46. The first-order valence-electron chi connectivity index (χ1n) is 6.45. The average Bonchev–Trinajstić information content (AvgIpc) is 2.51. The van der Waals surface area contributed by atoms with Crippen molar-refractivity contribution in [3.8, 4) is 5.75 Å². The first-order chi connectivity index (χ1) is 10.5. The summed E-state index contributed by atoms with van der Waals surface area (Å²) in [6.45, 7) is 0. The van der Waals surface area contributed by atoms with Gasteiger partial charge >= 0.3 is 0 Å². The molecule has 22 heavy (non-hydrogen) atoms. The Morgan fingerprint density at radius 1 is 1.05 bits per heavy atom. The van der Waals surface area contributed by atoms with Crippen molar-refractivity contribution in [2.45, 2.75) is 0 Å². The summed E-state index contributed by atoms with van der Waals surface area (Å²) < 4.78 is 6.79. The van der Waals surface area contributed by atoms with Gasteiger partial charge in [-0.1, -0.05) is 6.07 Å². The number of carbonyl (C=O) groups excluding carboxylic acids is 2. The van der Waals surface area contributed by atoms with Crippen molar-refractivity contribution in [3.63, 3.8) is 0 Å². The summed E-state index contributed by atoms with van der Waals surface area (Å²) in [4.78, 5) is 23.9. The van der Waals surface area contributed by atoms with Crippen molar-refractivity contribution in [2.75, 3.05) is 7.11 Å². The molecule has 2 aromatic carbocycles. The van der Waals surface area contributed by atoms with Gasteiger partial charge < -0.3 is 4.74 Å². The van der Waals surface area contributed by atoms with Gasteiger partial charge in [-0.25, -0.2) is 0 Å². The van der Waals surface area contributed by atoms with E-state index in [2.05, 4.69) is 31.9 Å². The highest BCUT2D eigenvalue weighted by Crippen LogP contribution is 2.39. The number of benzene rings is 2. The fourth-order valence-electron chi connectivity index (χ4n) is 2.42. The quantitative estimate of drug-likeness (QED) is 0.672. The highest BCUT2D eigenvalue weighted by molar-refractivity contribution is 9.13. The second-order valence-electron chi connectivity index (χ2n) is 4.79. The number of halogens is 2. The Bertz CT molecular complexity index is 879. The lowest BCUT2D eigenvalue weighted by atomic mass is 9.92. The lowest BCUT2D eigenvalue weighted by Gasteiger charge is -2.15. The summed E-state index contributed by atoms with van der Waals surface area (Å²) in [5, 5.41) is 1.79. The molecule has 3 rings (SSSR count). The summed E-state index contributed by atoms with van der Waals surface area (Å²) in [5.74, 6) is 0.353. The molecular weight excluding hydrogens is 412 g/mol. The lowest BCUT2D eigenvalue weighted by molar-refractivity contribution is -0.113. The summed E-state index contributed by atoms with van der Waals surface area (Å²) in [5.41, 5.74) is 1.09. The highest BCUT2D eigenvalue weighted by atomic mass is 79.9. The SMILES string of the molecule is COc1ccc2c(C3=CC(=O)C=CC3=O)c(Br)c(Br)cc2c1. The second kappa shape index (κ2) is 5.82. The minimum absolute atomic E-state index is 0.185. The molecule has 3 nitrogen and oxygen atoms in total. The molecule has 0 aliphatic heterocycles. The third kappa shape index (κ3) is 2.55. The topological polar surface area (TPSA) is 43.4 Å². The maximum Gasteiger partial charge on any atom is 0.186 e. The second-order valence-corrected chi connectivity index (χ2v) is 6.44. The fraction of sp³-hybridized carbons (Fsp3) is 0.0588. The molecule has 0 atom stereocenters. The van der Waals surface area contributed by atoms with Crippen LogP contribution in [0.5, 0.6) is 5.75 Å². The van der Waals surface area contributed by atoms with Crippen LogP contribution in [0.2, 0.25) is 0 Å². The largest absolute Gasteiger partial charge is 0.497 e. The molecular formula is C17H10Br2O3. The Labute approximate surface area is 143 Å². The van der Waals surface area contributed by atoms with E-state index in [4.69, 9.17) is 4.74 Å². The molecule has 1 aliphatic rings. The van der Waals surface area contributed by atoms with E-state index in [0.717, 1.165) is 25.5 Å². The van der Waals surface area contributed by atoms with E-state index in [1.165, 1.54) is 18.2 Å². The Morgan fingerprint density at radius 3 is 2.55 bits per heavy atom. The molecule has 0 amide bonds. The van der Waals surface area contributed by atoms with Crippen LogP contribution in [0, 0.1) is 0 Å². The van der Waals surface area contributed by atoms with E-state index < -0.39 is 0 Å². The zero-order valence-electron chi connectivity index (χ0n) is 11.5. The summed E-state index contributed by atoms with van der Waals surface area (Å²) in [6.07, 6.45) is 3.96. The van der Waals surface area contributed by atoms with Gasteiger partial charge in [0, 0.05) is 20.1 Å². The Morgan fingerprint density at radius 2 is 1.82 bits per heavy atom. The van der Waals surface area contributed by atoms with Gasteiger partial charge in [-0.3, -0.25) is 9.59 Å². The van der Waals surface area contributed by atoms with Crippen molar-refractivity contribution >= 4 is 59.8 Å². The fourth-order valence-corrected chi connectivity index (χ4v) is 3.41. The average molecular weight is 422 g/mol. The Balaban J connectivity index is 2.35. The number of hydrogen-bond acceptors (Lipinski definition) is 3. The molecule has 1 aliphatic carbocycles. The minimum atomic E-state index is -0.192. The molecule has 2 aromatic rings. The molecule has 0 N–H and O–H groups in total. The van der Waals surface area contributed by atoms with Crippen molar-refractivity contribution in [1.82, 2.24) is 0 Å². The van der Waals surface area contributed by atoms with Crippen molar-refractivity contribution in [1.29, 1.82) is 0 Å². The maximum atomic E-state index is 12.2. The van der Waals surface area contributed by atoms with Crippen LogP contribution in [0.15, 0.2) is 51.4 Å². The third-order valence-corrected chi connectivity index (χ3v) is 5.44. The summed E-state index contributed by atoms with van der Waals surface area (Å²) in [6, 6.07) is 7.55. The Hall–Kier alpha value is -1.72. The van der Waals surface area contributed by atoms with Crippen LogP contribution in [0.4, 0.5) is 0 Å². The van der Waals surface area contributed by atoms with Crippen LogP contribution < -0.4 is 4.74 Å². The van der Waals surface area contributed by atoms with Crippen LogP contribution in [-0.4, -0.2) is 18.7 Å². The molecule has 0 saturated carbocycles. The van der Waals surface area contributed by atoms with Gasteiger partial charge in [0.2, 0.25) is 0 Å². The molecule has 0 heterocycles. The molecule has 0 saturated heterocycles. The molecule has 0 aromatic heterocycles. The highest BCUT2D eigenvalue weighted by Gasteiger charge is 2.21. The smallest absolute Gasteiger partial charge is 0.186 e.